The molecule has 5 fully saturated rings. The second kappa shape index (κ2) is 16.3. The van der Waals surface area contributed by atoms with Gasteiger partial charge in [0.25, 0.3) is 0 Å². The molecule has 2 aliphatic carbocycles. The second-order valence-corrected chi connectivity index (χ2v) is 13.2. The third kappa shape index (κ3) is 8.83. The van der Waals surface area contributed by atoms with Gasteiger partial charge in [-0.25, -0.2) is 10.9 Å². The zero-order valence-electron chi connectivity index (χ0n) is 25.3. The van der Waals surface area contributed by atoms with Crippen LogP contribution >= 0.6 is 0 Å². The standard InChI is InChI=1S/C30H58N8O3/c1-2-21-17-31-12-10-23(21)18-34-30(40)22-6-5-7-24(16-22)33-19-28-36-37-29(25-11-13-32-20-35-25)38(28)14-15-41-27-9-4-3-8-26(27)39/h21-29,31-33,35-37,39H,2-20H2,1H3,(H,34,40). The van der Waals surface area contributed by atoms with Crippen molar-refractivity contribution >= 4 is 5.91 Å². The minimum Gasteiger partial charge on any atom is -0.390 e. The summed E-state index contributed by atoms with van der Waals surface area (Å²) in [7, 11) is 0. The van der Waals surface area contributed by atoms with Crippen molar-refractivity contribution in [2.75, 3.05) is 52.5 Å². The van der Waals surface area contributed by atoms with Crippen molar-refractivity contribution in [2.24, 2.45) is 17.8 Å². The topological polar surface area (TPSA) is 134 Å². The molecule has 236 valence electrons. The minimum absolute atomic E-state index is 0.0349. The molecule has 3 heterocycles. The van der Waals surface area contributed by atoms with Gasteiger partial charge in [0.15, 0.2) is 0 Å². The molecule has 2 saturated carbocycles. The van der Waals surface area contributed by atoms with Crippen molar-refractivity contribution < 1.29 is 14.6 Å². The number of rotatable bonds is 12. The van der Waals surface area contributed by atoms with Crippen LogP contribution in [0.25, 0.3) is 0 Å². The van der Waals surface area contributed by atoms with Gasteiger partial charge >= 0.3 is 0 Å². The lowest BCUT2D eigenvalue weighted by Crippen LogP contribution is -2.59. The highest BCUT2D eigenvalue weighted by atomic mass is 16.5. The molecule has 3 aliphatic heterocycles. The lowest BCUT2D eigenvalue weighted by atomic mass is 9.83. The first-order chi connectivity index (χ1) is 20.1. The van der Waals surface area contributed by atoms with Crippen LogP contribution in [0.2, 0.25) is 0 Å². The summed E-state index contributed by atoms with van der Waals surface area (Å²) in [6.45, 7) is 9.31. The van der Waals surface area contributed by atoms with Crippen LogP contribution in [0.3, 0.4) is 0 Å². The maximum Gasteiger partial charge on any atom is 0.223 e. The van der Waals surface area contributed by atoms with Crippen molar-refractivity contribution in [1.29, 1.82) is 0 Å². The summed E-state index contributed by atoms with van der Waals surface area (Å²) in [6, 6.07) is 0.708. The zero-order chi connectivity index (χ0) is 28.4. The number of amides is 1. The lowest BCUT2D eigenvalue weighted by Gasteiger charge is -2.37. The van der Waals surface area contributed by atoms with Crippen LogP contribution in [0.4, 0.5) is 0 Å². The Kier molecular flexibility index (Phi) is 12.5. The molecular formula is C30H58N8O3. The Hall–Kier alpha value is -0.890. The van der Waals surface area contributed by atoms with E-state index >= 15 is 0 Å². The molecule has 11 nitrogen and oxygen atoms in total. The van der Waals surface area contributed by atoms with Gasteiger partial charge in [-0.2, -0.15) is 0 Å². The van der Waals surface area contributed by atoms with E-state index in [1.165, 1.54) is 6.42 Å². The largest absolute Gasteiger partial charge is 0.390 e. The fraction of sp³-hybridized carbons (Fsp3) is 0.967. The number of carbonyl (C=O) groups is 1. The van der Waals surface area contributed by atoms with E-state index in [0.717, 1.165) is 110 Å². The number of aliphatic hydroxyl groups excluding tert-OH is 1. The second-order valence-electron chi connectivity index (χ2n) is 13.2. The fourth-order valence-corrected chi connectivity index (χ4v) is 7.83. The third-order valence-electron chi connectivity index (χ3n) is 10.5. The molecule has 0 radical (unpaired) electrons. The van der Waals surface area contributed by atoms with Crippen LogP contribution in [0.1, 0.15) is 77.6 Å². The molecule has 9 atom stereocenters. The first-order valence-corrected chi connectivity index (χ1v) is 16.8. The van der Waals surface area contributed by atoms with E-state index in [1.807, 2.05) is 0 Å². The number of aliphatic hydroxyl groups is 1. The number of nitrogens with one attached hydrogen (secondary N) is 7. The monoisotopic (exact) mass is 578 g/mol. The van der Waals surface area contributed by atoms with E-state index in [4.69, 9.17) is 4.74 Å². The first kappa shape index (κ1) is 31.5. The molecular weight excluding hydrogens is 520 g/mol. The average Bonchev–Trinajstić information content (AvgIpc) is 3.43. The van der Waals surface area contributed by atoms with Gasteiger partial charge in [-0.05, 0) is 76.4 Å². The summed E-state index contributed by atoms with van der Waals surface area (Å²) in [5, 5.41) is 28.0. The molecule has 0 aromatic rings. The van der Waals surface area contributed by atoms with E-state index in [1.54, 1.807) is 0 Å². The van der Waals surface area contributed by atoms with Gasteiger partial charge in [0, 0.05) is 44.3 Å². The van der Waals surface area contributed by atoms with Crippen molar-refractivity contribution in [3.05, 3.63) is 0 Å². The molecule has 5 rings (SSSR count). The number of hydrogen-bond donors (Lipinski definition) is 8. The Morgan fingerprint density at radius 1 is 0.976 bits per heavy atom. The lowest BCUT2D eigenvalue weighted by molar-refractivity contribution is -0.126. The Labute approximate surface area is 247 Å². The van der Waals surface area contributed by atoms with Gasteiger partial charge in [0.05, 0.1) is 31.1 Å². The Balaban J connectivity index is 1.09. The highest BCUT2D eigenvalue weighted by Gasteiger charge is 2.39. The Morgan fingerprint density at radius 3 is 2.68 bits per heavy atom. The Bertz CT molecular complexity index is 787. The fourth-order valence-electron chi connectivity index (χ4n) is 7.83. The van der Waals surface area contributed by atoms with Gasteiger partial charge in [-0.1, -0.05) is 32.6 Å². The minimum atomic E-state index is -0.331. The highest BCUT2D eigenvalue weighted by molar-refractivity contribution is 5.78. The summed E-state index contributed by atoms with van der Waals surface area (Å²) in [4.78, 5) is 15.6. The predicted octanol–water partition coefficient (Wildman–Crippen LogP) is 0.178. The van der Waals surface area contributed by atoms with Gasteiger partial charge in [0.2, 0.25) is 5.91 Å². The van der Waals surface area contributed by atoms with E-state index in [0.29, 0.717) is 30.5 Å². The maximum absolute atomic E-state index is 13.2. The molecule has 41 heavy (non-hydrogen) atoms. The number of carbonyl (C=O) groups excluding carboxylic acids is 1. The van der Waals surface area contributed by atoms with Crippen LogP contribution in [0.15, 0.2) is 0 Å². The molecule has 0 spiro atoms. The van der Waals surface area contributed by atoms with E-state index < -0.39 is 0 Å². The maximum atomic E-state index is 13.2. The molecule has 5 aliphatic rings. The average molecular weight is 579 g/mol. The summed E-state index contributed by atoms with van der Waals surface area (Å²) < 4.78 is 6.21. The van der Waals surface area contributed by atoms with Crippen molar-refractivity contribution in [3.63, 3.8) is 0 Å². The van der Waals surface area contributed by atoms with Crippen molar-refractivity contribution in [1.82, 2.24) is 42.3 Å². The van der Waals surface area contributed by atoms with Crippen molar-refractivity contribution in [3.8, 4) is 0 Å². The number of ether oxygens (including phenoxy) is 1. The number of piperidine rings is 1. The number of hydrogen-bond acceptors (Lipinski definition) is 10. The molecule has 3 saturated heterocycles. The third-order valence-corrected chi connectivity index (χ3v) is 10.5. The van der Waals surface area contributed by atoms with Crippen LogP contribution < -0.4 is 37.4 Å². The summed E-state index contributed by atoms with van der Waals surface area (Å²) in [6.07, 6.45) is 11.5. The molecule has 11 heteroatoms. The van der Waals surface area contributed by atoms with Crippen molar-refractivity contribution in [2.45, 2.75) is 114 Å². The van der Waals surface area contributed by atoms with Crippen LogP contribution in [0.5, 0.6) is 0 Å². The van der Waals surface area contributed by atoms with Crippen LogP contribution in [-0.4, -0.2) is 105 Å². The zero-order valence-corrected chi connectivity index (χ0v) is 25.3. The summed E-state index contributed by atoms with van der Waals surface area (Å²) >= 11 is 0. The first-order valence-electron chi connectivity index (χ1n) is 16.8. The van der Waals surface area contributed by atoms with E-state index in [-0.39, 0.29) is 36.4 Å². The van der Waals surface area contributed by atoms with Crippen LogP contribution in [-0.2, 0) is 9.53 Å². The van der Waals surface area contributed by atoms with E-state index in [9.17, 15) is 9.90 Å². The molecule has 9 unspecified atom stereocenters. The Morgan fingerprint density at radius 2 is 1.85 bits per heavy atom. The highest BCUT2D eigenvalue weighted by Crippen LogP contribution is 2.26. The molecule has 0 aromatic heterocycles. The van der Waals surface area contributed by atoms with E-state index in [2.05, 4.69) is 49.3 Å². The number of nitrogens with zero attached hydrogens (tertiary/aromatic N) is 1. The van der Waals surface area contributed by atoms with Gasteiger partial charge in [-0.15, -0.1) is 0 Å². The van der Waals surface area contributed by atoms with Crippen LogP contribution in [0, 0.1) is 17.8 Å². The van der Waals surface area contributed by atoms with Gasteiger partial charge in [0.1, 0.15) is 0 Å². The molecule has 0 bridgehead atoms. The molecule has 1 amide bonds. The smallest absolute Gasteiger partial charge is 0.223 e. The quantitative estimate of drug-likeness (QED) is 0.162. The van der Waals surface area contributed by atoms with Gasteiger partial charge in [-0.3, -0.25) is 15.0 Å². The molecule has 0 aromatic carbocycles. The number of hydrazine groups is 1. The molecule has 8 N–H and O–H groups in total. The van der Waals surface area contributed by atoms with Gasteiger partial charge < -0.3 is 31.1 Å². The summed E-state index contributed by atoms with van der Waals surface area (Å²) in [5.74, 6) is 1.63. The summed E-state index contributed by atoms with van der Waals surface area (Å²) in [5.41, 5.74) is 7.12. The predicted molar refractivity (Wildman–Crippen MR) is 161 cm³/mol. The normalized spacial score (nSPS) is 39.0. The SMILES string of the molecule is CCC1CNCCC1CNC(=O)C1CCCC(NCC2NNC(C3CCNCN3)N2CCOC2CCCCC2O)C1.